The first kappa shape index (κ1) is 19.4. The lowest BCUT2D eigenvalue weighted by molar-refractivity contribution is -0.116. The lowest BCUT2D eigenvalue weighted by atomic mass is 9.87. The molecule has 1 amide bonds. The standard InChI is InChI=1S/C21H18ClN3O3S/c1-25-19-18(20(27)24-21(25)29)16(10-17(26)23-19)13-4-8-15(9-5-13)28-11-12-2-6-14(22)7-3-12/h2-9,16H,10-11H2,1H3,(H,23,26)(H,24,27,29). The number of carbonyl (C=O) groups excluding carboxylic acids is 1. The van der Waals surface area contributed by atoms with Crippen molar-refractivity contribution in [3.8, 4) is 5.75 Å². The molecule has 0 radical (unpaired) electrons. The molecule has 2 N–H and O–H groups in total. The van der Waals surface area contributed by atoms with Gasteiger partial charge in [0.1, 0.15) is 18.2 Å². The van der Waals surface area contributed by atoms with Crippen LogP contribution in [0, 0.1) is 4.77 Å². The Morgan fingerprint density at radius 2 is 1.83 bits per heavy atom. The van der Waals surface area contributed by atoms with Crippen LogP contribution in [-0.2, 0) is 18.4 Å². The number of fused-ring (bicyclic) bond motifs is 1. The summed E-state index contributed by atoms with van der Waals surface area (Å²) in [5.74, 6) is 0.642. The number of rotatable bonds is 4. The van der Waals surface area contributed by atoms with Gasteiger partial charge < -0.3 is 14.6 Å². The number of aromatic amines is 1. The van der Waals surface area contributed by atoms with Crippen molar-refractivity contribution in [2.75, 3.05) is 5.32 Å². The first-order valence-corrected chi connectivity index (χ1v) is 9.81. The largest absolute Gasteiger partial charge is 0.489 e. The molecule has 29 heavy (non-hydrogen) atoms. The molecular formula is C21H18ClN3O3S. The van der Waals surface area contributed by atoms with E-state index >= 15 is 0 Å². The molecule has 0 fully saturated rings. The number of benzene rings is 2. The van der Waals surface area contributed by atoms with E-state index in [1.54, 1.807) is 11.6 Å². The predicted molar refractivity (Wildman–Crippen MR) is 114 cm³/mol. The third-order valence-electron chi connectivity index (χ3n) is 4.96. The zero-order chi connectivity index (χ0) is 20.5. The molecule has 1 aromatic heterocycles. The van der Waals surface area contributed by atoms with Crippen LogP contribution in [0.25, 0.3) is 0 Å². The SMILES string of the molecule is Cn1c2c(c(=O)[nH]c1=S)C(c1ccc(OCc3ccc(Cl)cc3)cc1)CC(=O)N2. The van der Waals surface area contributed by atoms with Gasteiger partial charge in [-0.05, 0) is 47.6 Å². The van der Waals surface area contributed by atoms with Crippen molar-refractivity contribution >= 4 is 35.5 Å². The summed E-state index contributed by atoms with van der Waals surface area (Å²) in [4.78, 5) is 27.5. The Morgan fingerprint density at radius 3 is 2.52 bits per heavy atom. The van der Waals surface area contributed by atoms with Crippen molar-refractivity contribution in [3.05, 3.63) is 85.4 Å². The molecule has 0 spiro atoms. The van der Waals surface area contributed by atoms with Crippen molar-refractivity contribution in [3.63, 3.8) is 0 Å². The molecular weight excluding hydrogens is 410 g/mol. The summed E-state index contributed by atoms with van der Waals surface area (Å²) < 4.78 is 7.69. The van der Waals surface area contributed by atoms with Gasteiger partial charge in [0.15, 0.2) is 4.77 Å². The fourth-order valence-electron chi connectivity index (χ4n) is 3.41. The molecule has 8 heteroatoms. The van der Waals surface area contributed by atoms with E-state index in [4.69, 9.17) is 28.6 Å². The van der Waals surface area contributed by atoms with Crippen LogP contribution < -0.4 is 15.6 Å². The summed E-state index contributed by atoms with van der Waals surface area (Å²) in [5.41, 5.74) is 2.10. The molecule has 148 valence electrons. The first-order valence-electron chi connectivity index (χ1n) is 9.02. The van der Waals surface area contributed by atoms with E-state index in [1.165, 1.54) is 0 Å². The zero-order valence-corrected chi connectivity index (χ0v) is 17.1. The van der Waals surface area contributed by atoms with Gasteiger partial charge in [-0.15, -0.1) is 0 Å². The highest BCUT2D eigenvalue weighted by Gasteiger charge is 2.31. The fourth-order valence-corrected chi connectivity index (χ4v) is 3.72. The molecule has 2 aromatic carbocycles. The van der Waals surface area contributed by atoms with Crippen LogP contribution in [0.1, 0.15) is 29.0 Å². The van der Waals surface area contributed by atoms with Gasteiger partial charge in [0.2, 0.25) is 5.91 Å². The highest BCUT2D eigenvalue weighted by molar-refractivity contribution is 7.71. The second-order valence-corrected chi connectivity index (χ2v) is 7.69. The van der Waals surface area contributed by atoms with Crippen LogP contribution in [0.15, 0.2) is 53.3 Å². The number of aromatic nitrogens is 2. The molecule has 0 bridgehead atoms. The number of H-pyrrole nitrogens is 1. The molecule has 1 unspecified atom stereocenters. The van der Waals surface area contributed by atoms with Crippen molar-refractivity contribution in [2.24, 2.45) is 7.05 Å². The van der Waals surface area contributed by atoms with Crippen molar-refractivity contribution in [2.45, 2.75) is 18.9 Å². The number of halogens is 1. The Hall–Kier alpha value is -2.90. The third-order valence-corrected chi connectivity index (χ3v) is 5.59. The van der Waals surface area contributed by atoms with Crippen LogP contribution in [0.2, 0.25) is 5.02 Å². The Bertz CT molecular complexity index is 1180. The molecule has 0 saturated heterocycles. The topological polar surface area (TPSA) is 76.1 Å². The van der Waals surface area contributed by atoms with Gasteiger partial charge in [-0.3, -0.25) is 14.6 Å². The van der Waals surface area contributed by atoms with E-state index in [1.807, 2.05) is 48.5 Å². The first-order chi connectivity index (χ1) is 13.9. The maximum atomic E-state index is 12.6. The van der Waals surface area contributed by atoms with E-state index in [-0.39, 0.29) is 28.6 Å². The van der Waals surface area contributed by atoms with Crippen LogP contribution in [-0.4, -0.2) is 15.5 Å². The molecule has 0 saturated carbocycles. The minimum atomic E-state index is -0.352. The van der Waals surface area contributed by atoms with Gasteiger partial charge >= 0.3 is 0 Å². The van der Waals surface area contributed by atoms with E-state index in [0.29, 0.717) is 28.8 Å². The summed E-state index contributed by atoms with van der Waals surface area (Å²) in [6, 6.07) is 14.9. The van der Waals surface area contributed by atoms with E-state index < -0.39 is 0 Å². The number of nitrogens with one attached hydrogen (secondary N) is 2. The minimum Gasteiger partial charge on any atom is -0.489 e. The maximum absolute atomic E-state index is 12.6. The van der Waals surface area contributed by atoms with E-state index in [0.717, 1.165) is 11.1 Å². The van der Waals surface area contributed by atoms with Gasteiger partial charge in [0, 0.05) is 24.4 Å². The van der Waals surface area contributed by atoms with Crippen molar-refractivity contribution < 1.29 is 9.53 Å². The molecule has 1 aliphatic heterocycles. The van der Waals surface area contributed by atoms with Gasteiger partial charge in [0.05, 0.1) is 5.56 Å². The molecule has 0 aliphatic carbocycles. The molecule has 6 nitrogen and oxygen atoms in total. The molecule has 3 aromatic rings. The number of ether oxygens (including phenoxy) is 1. The lowest BCUT2D eigenvalue weighted by Gasteiger charge is -2.26. The van der Waals surface area contributed by atoms with Crippen LogP contribution in [0.4, 0.5) is 5.82 Å². The zero-order valence-electron chi connectivity index (χ0n) is 15.6. The fraction of sp³-hybridized carbons (Fsp3) is 0.190. The Kier molecular flexibility index (Phi) is 5.25. The quantitative estimate of drug-likeness (QED) is 0.613. The van der Waals surface area contributed by atoms with Gasteiger partial charge in [-0.2, -0.15) is 0 Å². The molecule has 2 heterocycles. The number of amides is 1. The smallest absolute Gasteiger partial charge is 0.257 e. The summed E-state index contributed by atoms with van der Waals surface area (Å²) in [6.45, 7) is 0.419. The van der Waals surface area contributed by atoms with Gasteiger partial charge in [0.25, 0.3) is 5.56 Å². The second-order valence-electron chi connectivity index (χ2n) is 6.87. The van der Waals surface area contributed by atoms with Crippen LogP contribution >= 0.6 is 23.8 Å². The Balaban J connectivity index is 1.59. The number of carbonyl (C=O) groups is 1. The normalized spacial score (nSPS) is 15.5. The Morgan fingerprint density at radius 1 is 1.14 bits per heavy atom. The summed E-state index contributed by atoms with van der Waals surface area (Å²) in [7, 11) is 1.72. The van der Waals surface area contributed by atoms with Crippen molar-refractivity contribution in [1.82, 2.24) is 9.55 Å². The summed E-state index contributed by atoms with van der Waals surface area (Å²) >= 11 is 11.0. The maximum Gasteiger partial charge on any atom is 0.257 e. The number of hydrogen-bond acceptors (Lipinski definition) is 4. The van der Waals surface area contributed by atoms with Gasteiger partial charge in [-0.1, -0.05) is 35.9 Å². The number of hydrogen-bond donors (Lipinski definition) is 2. The average Bonchev–Trinajstić information content (AvgIpc) is 2.71. The van der Waals surface area contributed by atoms with E-state index in [2.05, 4.69) is 10.3 Å². The molecule has 1 atom stereocenters. The third kappa shape index (κ3) is 3.97. The molecule has 1 aliphatic rings. The molecule has 4 rings (SSSR count). The second kappa shape index (κ2) is 7.85. The summed E-state index contributed by atoms with van der Waals surface area (Å²) in [5, 5.41) is 3.45. The summed E-state index contributed by atoms with van der Waals surface area (Å²) in [6.07, 6.45) is 0.192. The van der Waals surface area contributed by atoms with E-state index in [9.17, 15) is 9.59 Å². The average molecular weight is 428 g/mol. The monoisotopic (exact) mass is 427 g/mol. The number of anilines is 1. The van der Waals surface area contributed by atoms with Crippen LogP contribution in [0.3, 0.4) is 0 Å². The minimum absolute atomic E-state index is 0.152. The van der Waals surface area contributed by atoms with Gasteiger partial charge in [-0.25, -0.2) is 0 Å². The van der Waals surface area contributed by atoms with Crippen LogP contribution in [0.5, 0.6) is 5.75 Å². The van der Waals surface area contributed by atoms with Crippen molar-refractivity contribution in [1.29, 1.82) is 0 Å². The lowest BCUT2D eigenvalue weighted by Crippen LogP contribution is -2.33. The highest BCUT2D eigenvalue weighted by Crippen LogP contribution is 2.35. The highest BCUT2D eigenvalue weighted by atomic mass is 35.5. The number of nitrogens with zero attached hydrogens (tertiary/aromatic N) is 1. The predicted octanol–water partition coefficient (Wildman–Crippen LogP) is 4.15. The Labute approximate surface area is 177 Å².